The average Bonchev–Trinajstić information content (AvgIpc) is 3.05. The number of hydrogen-bond acceptors (Lipinski definition) is 6. The zero-order valence-electron chi connectivity index (χ0n) is 14.1. The van der Waals surface area contributed by atoms with Crippen molar-refractivity contribution in [2.24, 2.45) is 0 Å². The Hall–Kier alpha value is -3.17. The van der Waals surface area contributed by atoms with Crippen LogP contribution in [0.25, 0.3) is 22.1 Å². The van der Waals surface area contributed by atoms with Crippen LogP contribution in [0.5, 0.6) is 0 Å². The van der Waals surface area contributed by atoms with Crippen molar-refractivity contribution >= 4 is 63.0 Å². The maximum absolute atomic E-state index is 12.2. The summed E-state index contributed by atoms with van der Waals surface area (Å²) in [7, 11) is 0. The van der Waals surface area contributed by atoms with E-state index in [4.69, 9.17) is 16.7 Å². The highest BCUT2D eigenvalue weighted by atomic mass is 35.5. The Morgan fingerprint density at radius 1 is 1.18 bits per heavy atom. The maximum Gasteiger partial charge on any atom is 0.337 e. The van der Waals surface area contributed by atoms with E-state index in [1.165, 1.54) is 18.2 Å². The largest absolute Gasteiger partial charge is 0.478 e. The molecule has 0 saturated carbocycles. The molecule has 140 valence electrons. The van der Waals surface area contributed by atoms with Gasteiger partial charge in [0.15, 0.2) is 5.65 Å². The fourth-order valence-electron chi connectivity index (χ4n) is 2.66. The number of carbonyl (C=O) groups excluding carboxylic acids is 1. The van der Waals surface area contributed by atoms with Crippen molar-refractivity contribution < 1.29 is 14.7 Å². The van der Waals surface area contributed by atoms with Crippen LogP contribution in [-0.2, 0) is 4.79 Å². The number of amides is 1. The first-order chi connectivity index (χ1) is 13.5. The van der Waals surface area contributed by atoms with Crippen molar-refractivity contribution in [3.63, 3.8) is 0 Å². The van der Waals surface area contributed by atoms with Gasteiger partial charge in [-0.2, -0.15) is 0 Å². The topological polar surface area (TPSA) is 121 Å². The normalized spacial score (nSPS) is 11.0. The van der Waals surface area contributed by atoms with E-state index in [1.807, 2.05) is 24.3 Å². The number of H-pyrrole nitrogens is 1. The Morgan fingerprint density at radius 2 is 2.00 bits per heavy atom. The van der Waals surface area contributed by atoms with Crippen LogP contribution in [0.1, 0.15) is 10.4 Å². The zero-order chi connectivity index (χ0) is 19.7. The number of fused-ring (bicyclic) bond motifs is 3. The number of hydrogen-bond donors (Lipinski definition) is 3. The molecule has 2 heterocycles. The SMILES string of the molecule is O=C(CSc1nnc2c(n1)[nH]c1ccccc12)Nc1ccc(Cl)c(C(=O)O)c1. The van der Waals surface area contributed by atoms with Crippen LogP contribution < -0.4 is 5.32 Å². The summed E-state index contributed by atoms with van der Waals surface area (Å²) in [4.78, 5) is 30.8. The lowest BCUT2D eigenvalue weighted by atomic mass is 10.2. The number of anilines is 1. The molecule has 0 atom stereocenters. The van der Waals surface area contributed by atoms with Gasteiger partial charge < -0.3 is 15.4 Å². The van der Waals surface area contributed by atoms with Crippen LogP contribution in [0.3, 0.4) is 0 Å². The number of carboxylic acid groups (broad SMARTS) is 1. The number of para-hydroxylation sites is 1. The molecule has 3 N–H and O–H groups in total. The van der Waals surface area contributed by atoms with Gasteiger partial charge in [0.25, 0.3) is 0 Å². The summed E-state index contributed by atoms with van der Waals surface area (Å²) < 4.78 is 0. The predicted octanol–water partition coefficient (Wildman–Crippen LogP) is 3.59. The van der Waals surface area contributed by atoms with Crippen LogP contribution in [0, 0.1) is 0 Å². The molecule has 8 nitrogen and oxygen atoms in total. The van der Waals surface area contributed by atoms with E-state index in [1.54, 1.807) is 0 Å². The number of halogens is 1. The quantitative estimate of drug-likeness (QED) is 0.427. The van der Waals surface area contributed by atoms with Crippen LogP contribution in [0.2, 0.25) is 5.02 Å². The summed E-state index contributed by atoms with van der Waals surface area (Å²) in [6.45, 7) is 0. The van der Waals surface area contributed by atoms with Gasteiger partial charge in [-0.1, -0.05) is 41.6 Å². The number of aromatic amines is 1. The Labute approximate surface area is 167 Å². The van der Waals surface area contributed by atoms with Crippen molar-refractivity contribution in [1.82, 2.24) is 20.2 Å². The number of thioether (sulfide) groups is 1. The minimum atomic E-state index is -1.17. The lowest BCUT2D eigenvalue weighted by Gasteiger charge is -2.06. The first-order valence-electron chi connectivity index (χ1n) is 8.08. The van der Waals surface area contributed by atoms with Crippen molar-refractivity contribution in [3.8, 4) is 0 Å². The van der Waals surface area contributed by atoms with Crippen molar-refractivity contribution in [3.05, 3.63) is 53.1 Å². The van der Waals surface area contributed by atoms with Gasteiger partial charge in [0.2, 0.25) is 11.1 Å². The molecule has 0 fully saturated rings. The third kappa shape index (κ3) is 3.62. The second-order valence-electron chi connectivity index (χ2n) is 5.80. The number of nitrogens with zero attached hydrogens (tertiary/aromatic N) is 3. The molecule has 0 aliphatic carbocycles. The lowest BCUT2D eigenvalue weighted by molar-refractivity contribution is -0.113. The Bertz CT molecular complexity index is 1230. The summed E-state index contributed by atoms with van der Waals surface area (Å²) >= 11 is 6.95. The Kier molecular flexibility index (Phi) is 4.84. The molecule has 0 unspecified atom stereocenters. The fourth-order valence-corrected chi connectivity index (χ4v) is 3.45. The zero-order valence-corrected chi connectivity index (χ0v) is 15.7. The highest BCUT2D eigenvalue weighted by Gasteiger charge is 2.13. The second-order valence-corrected chi connectivity index (χ2v) is 7.15. The summed E-state index contributed by atoms with van der Waals surface area (Å²) in [5.41, 5.74) is 2.45. The van der Waals surface area contributed by atoms with E-state index in [0.29, 0.717) is 22.0 Å². The Balaban J connectivity index is 1.45. The van der Waals surface area contributed by atoms with E-state index in [-0.39, 0.29) is 22.2 Å². The smallest absolute Gasteiger partial charge is 0.337 e. The van der Waals surface area contributed by atoms with E-state index >= 15 is 0 Å². The number of rotatable bonds is 5. The van der Waals surface area contributed by atoms with E-state index in [2.05, 4.69) is 25.5 Å². The van der Waals surface area contributed by atoms with Crippen molar-refractivity contribution in [2.75, 3.05) is 11.1 Å². The first kappa shape index (κ1) is 18.2. The maximum atomic E-state index is 12.2. The van der Waals surface area contributed by atoms with Crippen molar-refractivity contribution in [1.29, 1.82) is 0 Å². The number of carboxylic acids is 1. The molecule has 2 aromatic carbocycles. The average molecular weight is 414 g/mol. The monoisotopic (exact) mass is 413 g/mol. The highest BCUT2D eigenvalue weighted by Crippen LogP contribution is 2.24. The van der Waals surface area contributed by atoms with Gasteiger partial charge in [0, 0.05) is 16.6 Å². The lowest BCUT2D eigenvalue weighted by Crippen LogP contribution is -2.15. The molecule has 0 bridgehead atoms. The molecule has 10 heteroatoms. The summed E-state index contributed by atoms with van der Waals surface area (Å²) in [5, 5.41) is 21.4. The number of carbonyl (C=O) groups is 2. The van der Waals surface area contributed by atoms with Crippen molar-refractivity contribution in [2.45, 2.75) is 5.16 Å². The van der Waals surface area contributed by atoms with Gasteiger partial charge in [-0.15, -0.1) is 10.2 Å². The van der Waals surface area contributed by atoms with E-state index < -0.39 is 5.97 Å². The molecule has 0 saturated heterocycles. The van der Waals surface area contributed by atoms with E-state index in [0.717, 1.165) is 22.7 Å². The minimum absolute atomic E-state index is 0.0401. The molecule has 2 aromatic heterocycles. The Morgan fingerprint density at radius 3 is 2.82 bits per heavy atom. The number of aromatic carboxylic acids is 1. The van der Waals surface area contributed by atoms with E-state index in [9.17, 15) is 9.59 Å². The molecule has 0 spiro atoms. The summed E-state index contributed by atoms with van der Waals surface area (Å²) in [6, 6.07) is 12.0. The second kappa shape index (κ2) is 7.45. The first-order valence-corrected chi connectivity index (χ1v) is 9.44. The third-order valence-corrected chi connectivity index (χ3v) is 5.08. The summed E-state index contributed by atoms with van der Waals surface area (Å²) in [5.74, 6) is -1.45. The van der Waals surface area contributed by atoms with Crippen LogP contribution >= 0.6 is 23.4 Å². The van der Waals surface area contributed by atoms with Gasteiger partial charge in [-0.25, -0.2) is 9.78 Å². The molecule has 0 aliphatic rings. The molecule has 4 rings (SSSR count). The molecular weight excluding hydrogens is 402 g/mol. The predicted molar refractivity (Wildman–Crippen MR) is 107 cm³/mol. The number of nitrogens with one attached hydrogen (secondary N) is 2. The van der Waals surface area contributed by atoms with Gasteiger partial charge in [-0.3, -0.25) is 4.79 Å². The molecule has 0 radical (unpaired) electrons. The fraction of sp³-hybridized carbons (Fsp3) is 0.0556. The minimum Gasteiger partial charge on any atom is -0.478 e. The molecule has 4 aromatic rings. The van der Waals surface area contributed by atoms with Crippen LogP contribution in [-0.4, -0.2) is 42.9 Å². The number of aromatic nitrogens is 4. The summed E-state index contributed by atoms with van der Waals surface area (Å²) in [6.07, 6.45) is 0. The van der Waals surface area contributed by atoms with Gasteiger partial charge in [0.1, 0.15) is 5.52 Å². The standard InChI is InChI=1S/C18H12ClN5O3S/c19-12-6-5-9(7-11(12)17(26)27)20-14(25)8-28-18-22-16-15(23-24-18)10-3-1-2-4-13(10)21-16/h1-7H,8H2,(H,20,25)(H,26,27)(H,21,22,24). The molecular formula is C18H12ClN5O3S. The third-order valence-electron chi connectivity index (χ3n) is 3.92. The molecule has 28 heavy (non-hydrogen) atoms. The number of benzene rings is 2. The van der Waals surface area contributed by atoms with Crippen LogP contribution in [0.4, 0.5) is 5.69 Å². The van der Waals surface area contributed by atoms with Gasteiger partial charge in [-0.05, 0) is 24.3 Å². The van der Waals surface area contributed by atoms with Gasteiger partial charge >= 0.3 is 5.97 Å². The highest BCUT2D eigenvalue weighted by molar-refractivity contribution is 7.99. The van der Waals surface area contributed by atoms with Crippen LogP contribution in [0.15, 0.2) is 47.6 Å². The van der Waals surface area contributed by atoms with Gasteiger partial charge in [0.05, 0.1) is 16.3 Å². The molecule has 1 amide bonds. The molecule has 0 aliphatic heterocycles.